The summed E-state index contributed by atoms with van der Waals surface area (Å²) in [7, 11) is 0. The van der Waals surface area contributed by atoms with E-state index >= 15 is 0 Å². The lowest BCUT2D eigenvalue weighted by Gasteiger charge is -2.32. The first kappa shape index (κ1) is 17.0. The van der Waals surface area contributed by atoms with Crippen LogP contribution in [0.2, 0.25) is 0 Å². The van der Waals surface area contributed by atoms with Gasteiger partial charge >= 0.3 is 0 Å². The Morgan fingerprint density at radius 3 is 2.50 bits per heavy atom. The van der Waals surface area contributed by atoms with Crippen molar-refractivity contribution in [1.29, 1.82) is 0 Å². The third kappa shape index (κ3) is 4.78. The minimum absolute atomic E-state index is 0. The molecule has 5 heteroatoms. The van der Waals surface area contributed by atoms with Crippen LogP contribution in [0.5, 0.6) is 0 Å². The maximum atomic E-state index is 11.7. The predicted molar refractivity (Wildman–Crippen MR) is 81.7 cm³/mol. The van der Waals surface area contributed by atoms with Crippen LogP contribution >= 0.6 is 12.4 Å². The highest BCUT2D eigenvalue weighted by atomic mass is 35.5. The van der Waals surface area contributed by atoms with E-state index in [9.17, 15) is 4.79 Å². The molecule has 0 unspecified atom stereocenters. The quantitative estimate of drug-likeness (QED) is 0.924. The third-order valence-corrected chi connectivity index (χ3v) is 3.47. The van der Waals surface area contributed by atoms with Gasteiger partial charge in [-0.15, -0.1) is 12.4 Å². The molecule has 1 aromatic carbocycles. The molecule has 1 aliphatic rings. The first-order valence-corrected chi connectivity index (χ1v) is 6.86. The predicted octanol–water partition coefficient (Wildman–Crippen LogP) is 1.96. The van der Waals surface area contributed by atoms with Crippen LogP contribution < -0.4 is 5.73 Å². The van der Waals surface area contributed by atoms with E-state index in [-0.39, 0.29) is 24.4 Å². The van der Waals surface area contributed by atoms with Gasteiger partial charge in [-0.05, 0) is 25.3 Å². The average molecular weight is 299 g/mol. The van der Waals surface area contributed by atoms with Gasteiger partial charge in [0.1, 0.15) is 0 Å². The maximum Gasteiger partial charge on any atom is 0.239 e. The highest BCUT2D eigenvalue weighted by Crippen LogP contribution is 2.16. The molecule has 20 heavy (non-hydrogen) atoms. The highest BCUT2D eigenvalue weighted by molar-refractivity contribution is 5.85. The summed E-state index contributed by atoms with van der Waals surface area (Å²) in [6.07, 6.45) is 2.04. The average Bonchev–Trinajstić information content (AvgIpc) is 2.46. The van der Waals surface area contributed by atoms with Crippen molar-refractivity contribution in [3.8, 4) is 0 Å². The molecule has 0 saturated carbocycles. The molecule has 1 saturated heterocycles. The lowest BCUT2D eigenvalue weighted by Crippen LogP contribution is -2.47. The van der Waals surface area contributed by atoms with Gasteiger partial charge in [-0.2, -0.15) is 0 Å². The largest absolute Gasteiger partial charge is 0.373 e. The lowest BCUT2D eigenvalue weighted by molar-refractivity contribution is -0.135. The Morgan fingerprint density at radius 2 is 1.95 bits per heavy atom. The molecular weight excluding hydrogens is 276 g/mol. The smallest absolute Gasteiger partial charge is 0.239 e. The Hall–Kier alpha value is -1.10. The van der Waals surface area contributed by atoms with Crippen molar-refractivity contribution >= 4 is 18.3 Å². The van der Waals surface area contributed by atoms with Crippen molar-refractivity contribution < 1.29 is 9.53 Å². The Kier molecular flexibility index (Phi) is 6.99. The Bertz CT molecular complexity index is 404. The Labute approximate surface area is 126 Å². The van der Waals surface area contributed by atoms with Gasteiger partial charge in [0.05, 0.1) is 18.8 Å². The molecule has 0 aliphatic carbocycles. The van der Waals surface area contributed by atoms with Crippen LogP contribution in [0.1, 0.15) is 25.3 Å². The monoisotopic (exact) mass is 298 g/mol. The molecule has 1 heterocycles. The molecule has 1 amide bonds. The lowest BCUT2D eigenvalue weighted by atomic mass is 10.1. The number of hydrogen-bond donors (Lipinski definition) is 1. The van der Waals surface area contributed by atoms with Crippen LogP contribution in [0.4, 0.5) is 0 Å². The topological polar surface area (TPSA) is 55.6 Å². The number of likely N-dealkylation sites (tertiary alicyclic amines) is 1. The normalized spacial score (nSPS) is 17.4. The van der Waals surface area contributed by atoms with Gasteiger partial charge in [0, 0.05) is 13.1 Å². The van der Waals surface area contributed by atoms with Crippen LogP contribution in [0.25, 0.3) is 0 Å². The minimum atomic E-state index is -0.401. The minimum Gasteiger partial charge on any atom is -0.373 e. The zero-order valence-electron chi connectivity index (χ0n) is 11.8. The number of nitrogens with two attached hydrogens (primary N) is 1. The zero-order valence-corrected chi connectivity index (χ0v) is 12.6. The standard InChI is InChI=1S/C15H22N2O2.ClH/c1-12(16)15(18)17-9-7-14(8-10-17)19-11-13-5-3-2-4-6-13;/h2-6,12,14H,7-11,16H2,1H3;1H/t12-;/m1./s1. The molecule has 1 aromatic rings. The first-order valence-electron chi connectivity index (χ1n) is 6.86. The highest BCUT2D eigenvalue weighted by Gasteiger charge is 2.24. The molecule has 2 rings (SSSR count). The van der Waals surface area contributed by atoms with Gasteiger partial charge < -0.3 is 15.4 Å². The van der Waals surface area contributed by atoms with E-state index in [4.69, 9.17) is 10.5 Å². The summed E-state index contributed by atoms with van der Waals surface area (Å²) in [5.74, 6) is 0.0431. The number of halogens is 1. The number of piperidine rings is 1. The number of ether oxygens (including phenoxy) is 1. The van der Waals surface area contributed by atoms with Crippen molar-refractivity contribution in [2.45, 2.75) is 38.5 Å². The third-order valence-electron chi connectivity index (χ3n) is 3.47. The SMILES string of the molecule is C[C@@H](N)C(=O)N1CCC(OCc2ccccc2)CC1.Cl. The second-order valence-corrected chi connectivity index (χ2v) is 5.11. The van der Waals surface area contributed by atoms with Crippen molar-refractivity contribution in [3.63, 3.8) is 0 Å². The number of benzene rings is 1. The molecule has 1 fully saturated rings. The van der Waals surface area contributed by atoms with E-state index in [0.29, 0.717) is 6.61 Å². The van der Waals surface area contributed by atoms with E-state index in [2.05, 4.69) is 12.1 Å². The molecule has 1 atom stereocenters. The summed E-state index contributed by atoms with van der Waals surface area (Å²) in [6.45, 7) is 3.88. The van der Waals surface area contributed by atoms with E-state index < -0.39 is 6.04 Å². The summed E-state index contributed by atoms with van der Waals surface area (Å²) >= 11 is 0. The molecule has 0 aromatic heterocycles. The van der Waals surface area contributed by atoms with Gasteiger partial charge in [0.25, 0.3) is 0 Å². The summed E-state index contributed by atoms with van der Waals surface area (Å²) in [5.41, 5.74) is 6.80. The summed E-state index contributed by atoms with van der Waals surface area (Å²) in [4.78, 5) is 13.6. The fourth-order valence-electron chi connectivity index (χ4n) is 2.32. The summed E-state index contributed by atoms with van der Waals surface area (Å²) in [6, 6.07) is 9.76. The molecule has 1 aliphatic heterocycles. The van der Waals surface area contributed by atoms with Gasteiger partial charge in [0.2, 0.25) is 5.91 Å². The van der Waals surface area contributed by atoms with Crippen LogP contribution in [0, 0.1) is 0 Å². The van der Waals surface area contributed by atoms with Gasteiger partial charge in [-0.1, -0.05) is 30.3 Å². The Morgan fingerprint density at radius 1 is 1.35 bits per heavy atom. The summed E-state index contributed by atoms with van der Waals surface area (Å²) < 4.78 is 5.89. The fourth-order valence-corrected chi connectivity index (χ4v) is 2.32. The van der Waals surface area contributed by atoms with Crippen molar-refractivity contribution in [2.24, 2.45) is 5.73 Å². The Balaban J connectivity index is 0.00000200. The van der Waals surface area contributed by atoms with Crippen LogP contribution in [0.3, 0.4) is 0 Å². The molecule has 112 valence electrons. The van der Waals surface area contributed by atoms with E-state index in [1.807, 2.05) is 23.1 Å². The fraction of sp³-hybridized carbons (Fsp3) is 0.533. The second kappa shape index (κ2) is 8.25. The molecule has 4 nitrogen and oxygen atoms in total. The van der Waals surface area contributed by atoms with Crippen molar-refractivity contribution in [2.75, 3.05) is 13.1 Å². The number of amides is 1. The van der Waals surface area contributed by atoms with E-state index in [1.54, 1.807) is 6.92 Å². The van der Waals surface area contributed by atoms with Crippen molar-refractivity contribution in [1.82, 2.24) is 4.90 Å². The number of carbonyl (C=O) groups is 1. The van der Waals surface area contributed by atoms with E-state index in [1.165, 1.54) is 5.56 Å². The first-order chi connectivity index (χ1) is 9.16. The van der Waals surface area contributed by atoms with Gasteiger partial charge in [0.15, 0.2) is 0 Å². The molecule has 0 radical (unpaired) electrons. The second-order valence-electron chi connectivity index (χ2n) is 5.11. The molecule has 0 spiro atoms. The number of hydrogen-bond acceptors (Lipinski definition) is 3. The van der Waals surface area contributed by atoms with Gasteiger partial charge in [-0.3, -0.25) is 4.79 Å². The molecule has 2 N–H and O–H groups in total. The number of rotatable bonds is 4. The zero-order chi connectivity index (χ0) is 13.7. The molecular formula is C15H23ClN2O2. The number of nitrogens with zero attached hydrogens (tertiary/aromatic N) is 1. The van der Waals surface area contributed by atoms with Crippen LogP contribution in [-0.2, 0) is 16.1 Å². The van der Waals surface area contributed by atoms with E-state index in [0.717, 1.165) is 25.9 Å². The molecule has 0 bridgehead atoms. The van der Waals surface area contributed by atoms with Crippen LogP contribution in [0.15, 0.2) is 30.3 Å². The van der Waals surface area contributed by atoms with Crippen LogP contribution in [-0.4, -0.2) is 36.0 Å². The van der Waals surface area contributed by atoms with Crippen molar-refractivity contribution in [3.05, 3.63) is 35.9 Å². The maximum absolute atomic E-state index is 11.7. The summed E-state index contributed by atoms with van der Waals surface area (Å²) in [5, 5.41) is 0. The number of carbonyl (C=O) groups excluding carboxylic acids is 1. The van der Waals surface area contributed by atoms with Gasteiger partial charge in [-0.25, -0.2) is 0 Å².